The lowest BCUT2D eigenvalue weighted by Crippen LogP contribution is -2.52. The van der Waals surface area contributed by atoms with Gasteiger partial charge in [-0.3, -0.25) is 14.5 Å². The number of amides is 2. The standard InChI is InChI=1S/C19H30N4O2.ClH/c1-3-14(2)18(20)19(25)22-16-9-11-23(12-10-16)13-17(24)21-15-7-5-4-6-8-15;/h4-8,14,16,18H,3,9-13,20H2,1-2H3,(H,21,24)(H,22,25);1H. The van der Waals surface area contributed by atoms with Crippen LogP contribution in [-0.4, -0.2) is 48.4 Å². The zero-order chi connectivity index (χ0) is 18.2. The predicted molar refractivity (Wildman–Crippen MR) is 107 cm³/mol. The molecule has 0 saturated carbocycles. The maximum Gasteiger partial charge on any atom is 0.238 e. The van der Waals surface area contributed by atoms with Crippen molar-refractivity contribution < 1.29 is 9.59 Å². The van der Waals surface area contributed by atoms with Gasteiger partial charge in [-0.1, -0.05) is 38.5 Å². The molecule has 1 aliphatic rings. The van der Waals surface area contributed by atoms with Gasteiger partial charge < -0.3 is 16.4 Å². The predicted octanol–water partition coefficient (Wildman–Crippen LogP) is 2.00. The molecule has 2 unspecified atom stereocenters. The van der Waals surface area contributed by atoms with Crippen LogP contribution >= 0.6 is 12.4 Å². The number of carbonyl (C=O) groups excluding carboxylic acids is 2. The first-order chi connectivity index (χ1) is 12.0. The van der Waals surface area contributed by atoms with Crippen molar-refractivity contribution in [2.75, 3.05) is 25.0 Å². The number of nitrogens with one attached hydrogen (secondary N) is 2. The van der Waals surface area contributed by atoms with E-state index in [1.165, 1.54) is 0 Å². The smallest absolute Gasteiger partial charge is 0.238 e. The van der Waals surface area contributed by atoms with Crippen LogP contribution in [0.1, 0.15) is 33.1 Å². The van der Waals surface area contributed by atoms with Crippen molar-refractivity contribution in [2.24, 2.45) is 11.7 Å². The lowest BCUT2D eigenvalue weighted by Gasteiger charge is -2.32. The molecule has 4 N–H and O–H groups in total. The summed E-state index contributed by atoms with van der Waals surface area (Å²) >= 11 is 0. The van der Waals surface area contributed by atoms with E-state index < -0.39 is 6.04 Å². The SMILES string of the molecule is CCC(C)C(N)C(=O)NC1CCN(CC(=O)Nc2ccccc2)CC1.Cl. The zero-order valence-electron chi connectivity index (χ0n) is 15.6. The third-order valence-electron chi connectivity index (χ3n) is 4.92. The minimum Gasteiger partial charge on any atom is -0.352 e. The van der Waals surface area contributed by atoms with Gasteiger partial charge >= 0.3 is 0 Å². The number of hydrogen-bond acceptors (Lipinski definition) is 4. The number of anilines is 1. The number of carbonyl (C=O) groups is 2. The third-order valence-corrected chi connectivity index (χ3v) is 4.92. The van der Waals surface area contributed by atoms with Crippen LogP contribution in [-0.2, 0) is 9.59 Å². The molecular formula is C19H31ClN4O2. The van der Waals surface area contributed by atoms with Gasteiger partial charge in [0.25, 0.3) is 0 Å². The highest BCUT2D eigenvalue weighted by Gasteiger charge is 2.25. The molecule has 1 saturated heterocycles. The molecular weight excluding hydrogens is 352 g/mol. The highest BCUT2D eigenvalue weighted by Crippen LogP contribution is 2.12. The summed E-state index contributed by atoms with van der Waals surface area (Å²) in [7, 11) is 0. The molecule has 1 fully saturated rings. The molecule has 0 spiro atoms. The van der Waals surface area contributed by atoms with Gasteiger partial charge in [0.15, 0.2) is 0 Å². The molecule has 146 valence electrons. The molecule has 1 aromatic carbocycles. The molecule has 1 heterocycles. The second-order valence-electron chi connectivity index (χ2n) is 6.88. The summed E-state index contributed by atoms with van der Waals surface area (Å²) in [6.45, 7) is 6.01. The summed E-state index contributed by atoms with van der Waals surface area (Å²) in [5, 5.41) is 5.96. The van der Waals surface area contributed by atoms with E-state index in [4.69, 9.17) is 5.73 Å². The number of nitrogens with two attached hydrogens (primary N) is 1. The number of nitrogens with zero attached hydrogens (tertiary/aromatic N) is 1. The van der Waals surface area contributed by atoms with E-state index in [2.05, 4.69) is 15.5 Å². The largest absolute Gasteiger partial charge is 0.352 e. The lowest BCUT2D eigenvalue weighted by molar-refractivity contribution is -0.124. The average Bonchev–Trinajstić information content (AvgIpc) is 2.62. The lowest BCUT2D eigenvalue weighted by atomic mass is 9.98. The second kappa shape index (κ2) is 11.2. The van der Waals surface area contributed by atoms with E-state index in [0.717, 1.165) is 38.0 Å². The minimum atomic E-state index is -0.445. The molecule has 0 aliphatic carbocycles. The van der Waals surface area contributed by atoms with E-state index in [9.17, 15) is 9.59 Å². The molecule has 7 heteroatoms. The van der Waals surface area contributed by atoms with E-state index in [0.29, 0.717) is 6.54 Å². The van der Waals surface area contributed by atoms with Crippen LogP contribution in [0.2, 0.25) is 0 Å². The summed E-state index contributed by atoms with van der Waals surface area (Å²) in [4.78, 5) is 26.4. The van der Waals surface area contributed by atoms with Crippen LogP contribution in [0.4, 0.5) is 5.69 Å². The van der Waals surface area contributed by atoms with Crippen LogP contribution < -0.4 is 16.4 Å². The fourth-order valence-corrected chi connectivity index (χ4v) is 2.97. The molecule has 2 rings (SSSR count). The number of likely N-dealkylation sites (tertiary alicyclic amines) is 1. The zero-order valence-corrected chi connectivity index (χ0v) is 16.4. The topological polar surface area (TPSA) is 87.5 Å². The van der Waals surface area contributed by atoms with Gasteiger partial charge in [-0.15, -0.1) is 12.4 Å². The highest BCUT2D eigenvalue weighted by atomic mass is 35.5. The molecule has 26 heavy (non-hydrogen) atoms. The summed E-state index contributed by atoms with van der Waals surface area (Å²) in [5.74, 6) is 0.115. The van der Waals surface area contributed by atoms with Gasteiger partial charge in [0.2, 0.25) is 11.8 Å². The fourth-order valence-electron chi connectivity index (χ4n) is 2.97. The van der Waals surface area contributed by atoms with Crippen LogP contribution in [0.5, 0.6) is 0 Å². The van der Waals surface area contributed by atoms with Crippen molar-refractivity contribution in [3.63, 3.8) is 0 Å². The normalized spacial score (nSPS) is 17.7. The molecule has 2 amide bonds. The van der Waals surface area contributed by atoms with Crippen molar-refractivity contribution >= 4 is 29.9 Å². The molecule has 0 bridgehead atoms. The van der Waals surface area contributed by atoms with Gasteiger partial charge in [-0.2, -0.15) is 0 Å². The van der Waals surface area contributed by atoms with Crippen LogP contribution in [0.25, 0.3) is 0 Å². The summed E-state index contributed by atoms with van der Waals surface area (Å²) < 4.78 is 0. The Balaban J connectivity index is 0.00000338. The molecule has 1 aliphatic heterocycles. The van der Waals surface area contributed by atoms with Crippen molar-refractivity contribution in [3.05, 3.63) is 30.3 Å². The van der Waals surface area contributed by atoms with Crippen LogP contribution in [0.15, 0.2) is 30.3 Å². The number of para-hydroxylation sites is 1. The van der Waals surface area contributed by atoms with Gasteiger partial charge in [-0.05, 0) is 30.9 Å². The Labute approximate surface area is 162 Å². The fraction of sp³-hybridized carbons (Fsp3) is 0.579. The summed E-state index contributed by atoms with van der Waals surface area (Å²) in [6.07, 6.45) is 2.58. The first-order valence-electron chi connectivity index (χ1n) is 9.12. The van der Waals surface area contributed by atoms with Crippen molar-refractivity contribution in [2.45, 2.75) is 45.2 Å². The minimum absolute atomic E-state index is 0. The van der Waals surface area contributed by atoms with E-state index in [1.807, 2.05) is 44.2 Å². The quantitative estimate of drug-likeness (QED) is 0.673. The monoisotopic (exact) mass is 382 g/mol. The Bertz CT molecular complexity index is 562. The first kappa shape index (κ1) is 22.4. The Morgan fingerprint density at radius 1 is 1.23 bits per heavy atom. The maximum absolute atomic E-state index is 12.2. The Morgan fingerprint density at radius 3 is 2.42 bits per heavy atom. The van der Waals surface area contributed by atoms with Gasteiger partial charge in [0, 0.05) is 24.8 Å². The van der Waals surface area contributed by atoms with Gasteiger partial charge in [0.05, 0.1) is 12.6 Å². The van der Waals surface area contributed by atoms with Crippen molar-refractivity contribution in [1.29, 1.82) is 0 Å². The number of benzene rings is 1. The van der Waals surface area contributed by atoms with E-state index in [1.54, 1.807) is 0 Å². The molecule has 6 nitrogen and oxygen atoms in total. The number of rotatable bonds is 7. The molecule has 0 aromatic heterocycles. The van der Waals surface area contributed by atoms with Gasteiger partial charge in [0.1, 0.15) is 0 Å². The van der Waals surface area contributed by atoms with Gasteiger partial charge in [-0.25, -0.2) is 0 Å². The van der Waals surface area contributed by atoms with Crippen molar-refractivity contribution in [1.82, 2.24) is 10.2 Å². The highest BCUT2D eigenvalue weighted by molar-refractivity contribution is 5.92. The number of piperidine rings is 1. The van der Waals surface area contributed by atoms with E-state index >= 15 is 0 Å². The van der Waals surface area contributed by atoms with Crippen LogP contribution in [0, 0.1) is 5.92 Å². The second-order valence-corrected chi connectivity index (χ2v) is 6.88. The summed E-state index contributed by atoms with van der Waals surface area (Å²) in [6, 6.07) is 9.17. The number of halogens is 1. The first-order valence-corrected chi connectivity index (χ1v) is 9.12. The maximum atomic E-state index is 12.2. The Hall–Kier alpha value is -1.63. The number of hydrogen-bond donors (Lipinski definition) is 3. The molecule has 0 radical (unpaired) electrons. The van der Waals surface area contributed by atoms with Crippen molar-refractivity contribution in [3.8, 4) is 0 Å². The molecule has 1 aromatic rings. The van der Waals surface area contributed by atoms with Crippen LogP contribution in [0.3, 0.4) is 0 Å². The molecule has 2 atom stereocenters. The third kappa shape index (κ3) is 6.94. The summed E-state index contributed by atoms with van der Waals surface area (Å²) in [5.41, 5.74) is 6.79. The Kier molecular flexibility index (Phi) is 9.62. The average molecular weight is 383 g/mol. The van der Waals surface area contributed by atoms with E-state index in [-0.39, 0.29) is 36.2 Å². The Morgan fingerprint density at radius 2 is 1.85 bits per heavy atom.